The van der Waals surface area contributed by atoms with E-state index < -0.39 is 0 Å². The molecule has 20 heavy (non-hydrogen) atoms. The van der Waals surface area contributed by atoms with Gasteiger partial charge < -0.3 is 20.1 Å². The third-order valence-electron chi connectivity index (χ3n) is 4.85. The van der Waals surface area contributed by atoms with Gasteiger partial charge in [0.15, 0.2) is 0 Å². The average Bonchev–Trinajstić information content (AvgIpc) is 3.25. The molecule has 3 rings (SSSR count). The molecule has 1 unspecified atom stereocenters. The summed E-state index contributed by atoms with van der Waals surface area (Å²) in [4.78, 5) is 14.5. The van der Waals surface area contributed by atoms with Crippen molar-refractivity contribution in [2.75, 3.05) is 46.0 Å². The summed E-state index contributed by atoms with van der Waals surface area (Å²) < 4.78 is 5.25. The number of ether oxygens (including phenoxy) is 1. The zero-order valence-electron chi connectivity index (χ0n) is 12.1. The number of likely N-dealkylation sites (tertiary alicyclic amines) is 1. The molecule has 0 aromatic heterocycles. The van der Waals surface area contributed by atoms with Gasteiger partial charge in [-0.05, 0) is 38.1 Å². The number of nitrogens with zero attached hydrogens (tertiary/aromatic N) is 1. The van der Waals surface area contributed by atoms with E-state index in [-0.39, 0.29) is 23.8 Å². The monoisotopic (exact) mass is 282 g/mol. The maximum atomic E-state index is 12.2. The van der Waals surface area contributed by atoms with Crippen molar-refractivity contribution in [3.05, 3.63) is 0 Å². The Morgan fingerprint density at radius 3 is 2.75 bits per heavy atom. The number of rotatable bonds is 6. The van der Waals surface area contributed by atoms with Crippen LogP contribution in [0.5, 0.6) is 0 Å². The van der Waals surface area contributed by atoms with Crippen molar-refractivity contribution in [1.29, 1.82) is 0 Å². The van der Waals surface area contributed by atoms with Crippen molar-refractivity contribution >= 4 is 5.91 Å². The highest BCUT2D eigenvalue weighted by Crippen LogP contribution is 2.30. The molecule has 2 N–H and O–H groups in total. The Hall–Kier alpha value is -0.650. The zero-order chi connectivity index (χ0) is 14.0. The van der Waals surface area contributed by atoms with Gasteiger partial charge >= 0.3 is 0 Å². The van der Waals surface area contributed by atoms with Crippen LogP contribution >= 0.6 is 0 Å². The highest BCUT2D eigenvalue weighted by molar-refractivity contribution is 5.79. The third-order valence-corrected chi connectivity index (χ3v) is 4.85. The van der Waals surface area contributed by atoms with Crippen molar-refractivity contribution in [3.63, 3.8) is 0 Å². The number of hydrogen-bond acceptors (Lipinski definition) is 4. The number of hydrogen-bond donors (Lipinski definition) is 2. The van der Waals surface area contributed by atoms with Crippen molar-refractivity contribution in [1.82, 2.24) is 10.2 Å². The second-order valence-corrected chi connectivity index (χ2v) is 6.91. The second kappa shape index (κ2) is 6.00. The van der Waals surface area contributed by atoms with Crippen LogP contribution in [0.2, 0.25) is 0 Å². The van der Waals surface area contributed by atoms with E-state index in [4.69, 9.17) is 4.74 Å². The Balaban J connectivity index is 1.46. The van der Waals surface area contributed by atoms with Crippen LogP contribution in [0.3, 0.4) is 0 Å². The summed E-state index contributed by atoms with van der Waals surface area (Å²) in [5, 5.41) is 12.6. The lowest BCUT2D eigenvalue weighted by atomic mass is 9.85. The molecule has 1 saturated carbocycles. The number of carbonyl (C=O) groups excluding carboxylic acids is 1. The normalized spacial score (nSPS) is 29.8. The maximum absolute atomic E-state index is 12.2. The Morgan fingerprint density at radius 1 is 1.35 bits per heavy atom. The molecule has 5 nitrogen and oxygen atoms in total. The summed E-state index contributed by atoms with van der Waals surface area (Å²) in [6.45, 7) is 5.07. The van der Waals surface area contributed by atoms with E-state index in [1.165, 1.54) is 12.8 Å². The fourth-order valence-corrected chi connectivity index (χ4v) is 3.22. The zero-order valence-corrected chi connectivity index (χ0v) is 12.1. The van der Waals surface area contributed by atoms with Crippen molar-refractivity contribution in [3.8, 4) is 0 Å². The highest BCUT2D eigenvalue weighted by atomic mass is 16.5. The van der Waals surface area contributed by atoms with Crippen LogP contribution in [0.1, 0.15) is 25.7 Å². The molecule has 0 aromatic rings. The quantitative estimate of drug-likeness (QED) is 0.732. The second-order valence-electron chi connectivity index (χ2n) is 6.91. The number of piperidine rings is 1. The smallest absolute Gasteiger partial charge is 0.224 e. The predicted molar refractivity (Wildman–Crippen MR) is 75.2 cm³/mol. The predicted octanol–water partition coefficient (Wildman–Crippen LogP) is 0.234. The van der Waals surface area contributed by atoms with Crippen LogP contribution in [0.15, 0.2) is 0 Å². The first-order chi connectivity index (χ1) is 9.71. The molecule has 0 aromatic carbocycles. The van der Waals surface area contributed by atoms with Gasteiger partial charge in [0, 0.05) is 19.6 Å². The average molecular weight is 282 g/mol. The molecule has 2 heterocycles. The fraction of sp³-hybridized carbons (Fsp3) is 0.933. The molecule has 0 bridgehead atoms. The van der Waals surface area contributed by atoms with Gasteiger partial charge in [-0.2, -0.15) is 0 Å². The third kappa shape index (κ3) is 3.32. The van der Waals surface area contributed by atoms with Gasteiger partial charge in [-0.1, -0.05) is 0 Å². The van der Waals surface area contributed by atoms with Crippen molar-refractivity contribution in [2.45, 2.75) is 25.7 Å². The Bertz CT molecular complexity index is 348. The first kappa shape index (κ1) is 14.3. The van der Waals surface area contributed by atoms with Crippen LogP contribution in [0.25, 0.3) is 0 Å². The van der Waals surface area contributed by atoms with Gasteiger partial charge in [-0.15, -0.1) is 0 Å². The Labute approximate surface area is 120 Å². The van der Waals surface area contributed by atoms with E-state index in [0.717, 1.165) is 44.9 Å². The van der Waals surface area contributed by atoms with Crippen LogP contribution in [0.4, 0.5) is 0 Å². The summed E-state index contributed by atoms with van der Waals surface area (Å²) in [7, 11) is 0. The highest BCUT2D eigenvalue weighted by Gasteiger charge is 2.41. The van der Waals surface area contributed by atoms with Crippen LogP contribution in [-0.2, 0) is 9.53 Å². The van der Waals surface area contributed by atoms with Gasteiger partial charge in [0.25, 0.3) is 0 Å². The largest absolute Gasteiger partial charge is 0.396 e. The summed E-state index contributed by atoms with van der Waals surface area (Å²) in [5.41, 5.74) is -0.0770. The minimum Gasteiger partial charge on any atom is -0.396 e. The molecule has 2 saturated heterocycles. The molecule has 5 heteroatoms. The van der Waals surface area contributed by atoms with E-state index >= 15 is 0 Å². The van der Waals surface area contributed by atoms with Gasteiger partial charge in [-0.25, -0.2) is 0 Å². The summed E-state index contributed by atoms with van der Waals surface area (Å²) >= 11 is 0. The molecule has 1 aliphatic carbocycles. The molecule has 114 valence electrons. The lowest BCUT2D eigenvalue weighted by molar-refractivity contribution is -0.152. The number of amides is 1. The number of aliphatic hydroxyl groups is 1. The summed E-state index contributed by atoms with van der Waals surface area (Å²) in [6, 6.07) is 0. The maximum Gasteiger partial charge on any atom is 0.224 e. The van der Waals surface area contributed by atoms with E-state index in [9.17, 15) is 9.90 Å². The molecule has 1 amide bonds. The first-order valence-electron chi connectivity index (χ1n) is 7.89. The molecule has 2 aliphatic heterocycles. The fourth-order valence-electron chi connectivity index (χ4n) is 3.22. The van der Waals surface area contributed by atoms with Crippen LogP contribution in [-0.4, -0.2) is 61.9 Å². The van der Waals surface area contributed by atoms with Crippen molar-refractivity contribution in [2.24, 2.45) is 17.3 Å². The molecule has 3 aliphatic rings. The lowest BCUT2D eigenvalue weighted by Crippen LogP contribution is -2.55. The molecule has 3 fully saturated rings. The molecule has 0 spiro atoms. The molecular formula is C15H26N2O3. The summed E-state index contributed by atoms with van der Waals surface area (Å²) in [5.74, 6) is 1.09. The summed E-state index contributed by atoms with van der Waals surface area (Å²) in [6.07, 6.45) is 4.62. The standard InChI is InChI=1S/C15H26N2O3/c18-9-15(10-20-11-15)8-17-5-1-2-13(7-17)14(19)16-6-12-3-4-12/h12-13,18H,1-11H2,(H,16,19). The van der Waals surface area contributed by atoms with Gasteiger partial charge in [0.05, 0.1) is 31.2 Å². The van der Waals surface area contributed by atoms with E-state index in [0.29, 0.717) is 13.2 Å². The SMILES string of the molecule is O=C(NCC1CC1)C1CCCN(CC2(CO)COC2)C1. The van der Waals surface area contributed by atoms with Gasteiger partial charge in [-0.3, -0.25) is 4.79 Å². The number of aliphatic hydroxyl groups excluding tert-OH is 1. The van der Waals surface area contributed by atoms with Crippen LogP contribution < -0.4 is 5.32 Å². The van der Waals surface area contributed by atoms with Gasteiger partial charge in [0.2, 0.25) is 5.91 Å². The molecule has 1 atom stereocenters. The Kier molecular flexibility index (Phi) is 4.29. The number of carbonyl (C=O) groups is 1. The van der Waals surface area contributed by atoms with Crippen molar-refractivity contribution < 1.29 is 14.6 Å². The van der Waals surface area contributed by atoms with E-state index in [1.54, 1.807) is 0 Å². The first-order valence-corrected chi connectivity index (χ1v) is 7.89. The van der Waals surface area contributed by atoms with Gasteiger partial charge in [0.1, 0.15) is 0 Å². The topological polar surface area (TPSA) is 61.8 Å². The van der Waals surface area contributed by atoms with E-state index in [2.05, 4.69) is 10.2 Å². The Morgan fingerprint density at radius 2 is 2.15 bits per heavy atom. The minimum absolute atomic E-state index is 0.0770. The van der Waals surface area contributed by atoms with Crippen LogP contribution in [0, 0.1) is 17.3 Å². The minimum atomic E-state index is -0.0770. The molecule has 0 radical (unpaired) electrons. The van der Waals surface area contributed by atoms with E-state index in [1.807, 2.05) is 0 Å². The lowest BCUT2D eigenvalue weighted by Gasteiger charge is -2.45. The molecular weight excluding hydrogens is 256 g/mol. The number of nitrogens with one attached hydrogen (secondary N) is 1.